The largest absolute Gasteiger partial charge is 0.462 e. The zero-order chi connectivity index (χ0) is 23.7. The number of hydrogen-bond donors (Lipinski definition) is 0. The number of esters is 1. The van der Waals surface area contributed by atoms with Crippen LogP contribution in [0.5, 0.6) is 0 Å². The summed E-state index contributed by atoms with van der Waals surface area (Å²) in [5, 5.41) is 0.265. The lowest BCUT2D eigenvalue weighted by Gasteiger charge is -2.26. The number of nitrogens with zero attached hydrogens (tertiary/aromatic N) is 4. The number of carbonyl (C=O) groups excluding carboxylic acids is 2. The summed E-state index contributed by atoms with van der Waals surface area (Å²) >= 11 is 0. The number of ether oxygens (including phenoxy) is 1. The van der Waals surface area contributed by atoms with Gasteiger partial charge in [0, 0.05) is 12.2 Å². The van der Waals surface area contributed by atoms with Crippen LogP contribution in [0, 0.1) is 0 Å². The highest BCUT2D eigenvalue weighted by atomic mass is 16.5. The van der Waals surface area contributed by atoms with Gasteiger partial charge >= 0.3 is 11.9 Å². The van der Waals surface area contributed by atoms with Gasteiger partial charge in [-0.05, 0) is 50.1 Å². The number of furan rings is 1. The third-order valence-corrected chi connectivity index (χ3v) is 6.11. The lowest BCUT2D eigenvalue weighted by Crippen LogP contribution is -2.35. The van der Waals surface area contributed by atoms with E-state index in [9.17, 15) is 14.4 Å². The Morgan fingerprint density at radius 1 is 1.18 bits per heavy atom. The van der Waals surface area contributed by atoms with Gasteiger partial charge in [-0.1, -0.05) is 25.3 Å². The third kappa shape index (κ3) is 3.83. The van der Waals surface area contributed by atoms with E-state index in [4.69, 9.17) is 14.1 Å². The second-order valence-electron chi connectivity index (χ2n) is 8.24. The Morgan fingerprint density at radius 3 is 2.74 bits per heavy atom. The van der Waals surface area contributed by atoms with Gasteiger partial charge in [0.2, 0.25) is 0 Å². The molecule has 9 nitrogen and oxygen atoms in total. The molecule has 174 valence electrons. The van der Waals surface area contributed by atoms with Crippen LogP contribution >= 0.6 is 0 Å². The van der Waals surface area contributed by atoms with Gasteiger partial charge in [-0.15, -0.1) is 0 Å². The Balaban J connectivity index is 1.91. The van der Waals surface area contributed by atoms with Gasteiger partial charge in [-0.2, -0.15) is 4.99 Å². The standard InChI is InChI=1S/C25H24N4O5/c1-2-33-25(32)18-15-17-21(26-20-12-6-7-13-28(20)24(17)31)29(16-9-4-3-5-10-16)22(18)27-23(30)19-11-8-14-34-19/h6-8,11-16H,2-5,9-10H2,1H3. The van der Waals surface area contributed by atoms with Crippen molar-refractivity contribution < 1.29 is 18.7 Å². The Bertz CT molecular complexity index is 1510. The molecule has 0 N–H and O–H groups in total. The van der Waals surface area contributed by atoms with Crippen LogP contribution in [0.4, 0.5) is 0 Å². The summed E-state index contributed by atoms with van der Waals surface area (Å²) in [5.74, 6) is -1.23. The zero-order valence-electron chi connectivity index (χ0n) is 18.8. The van der Waals surface area contributed by atoms with Gasteiger partial charge in [0.25, 0.3) is 5.56 Å². The molecule has 0 radical (unpaired) electrons. The molecule has 1 saturated carbocycles. The Morgan fingerprint density at radius 2 is 2.00 bits per heavy atom. The van der Waals surface area contributed by atoms with Crippen molar-refractivity contribution in [2.24, 2.45) is 4.99 Å². The van der Waals surface area contributed by atoms with E-state index < -0.39 is 11.9 Å². The molecule has 0 aromatic carbocycles. The summed E-state index contributed by atoms with van der Waals surface area (Å²) in [4.78, 5) is 48.5. The van der Waals surface area contributed by atoms with Crippen LogP contribution in [0.1, 0.15) is 66.0 Å². The van der Waals surface area contributed by atoms with Crippen molar-refractivity contribution in [3.05, 3.63) is 76.0 Å². The van der Waals surface area contributed by atoms with Crippen LogP contribution in [-0.2, 0) is 4.74 Å². The van der Waals surface area contributed by atoms with Crippen LogP contribution < -0.4 is 11.0 Å². The predicted octanol–water partition coefficient (Wildman–Crippen LogP) is 3.67. The monoisotopic (exact) mass is 460 g/mol. The Hall–Kier alpha value is -4.01. The van der Waals surface area contributed by atoms with E-state index in [2.05, 4.69) is 4.99 Å². The molecule has 1 aliphatic rings. The smallest absolute Gasteiger partial charge is 0.341 e. The highest BCUT2D eigenvalue weighted by Gasteiger charge is 2.25. The van der Waals surface area contributed by atoms with E-state index in [1.807, 2.05) is 0 Å². The summed E-state index contributed by atoms with van der Waals surface area (Å²) in [7, 11) is 0. The molecule has 0 saturated heterocycles. The zero-order valence-corrected chi connectivity index (χ0v) is 18.8. The van der Waals surface area contributed by atoms with Crippen molar-refractivity contribution in [3.8, 4) is 0 Å². The summed E-state index contributed by atoms with van der Waals surface area (Å²) in [6.45, 7) is 1.84. The Labute approximate surface area is 194 Å². The number of amides is 1. The van der Waals surface area contributed by atoms with Crippen LogP contribution in [0.3, 0.4) is 0 Å². The molecule has 4 aromatic rings. The molecule has 0 atom stereocenters. The third-order valence-electron chi connectivity index (χ3n) is 6.11. The van der Waals surface area contributed by atoms with Crippen molar-refractivity contribution in [2.75, 3.05) is 6.61 Å². The van der Waals surface area contributed by atoms with Crippen molar-refractivity contribution in [1.29, 1.82) is 0 Å². The fourth-order valence-corrected chi connectivity index (χ4v) is 4.55. The maximum absolute atomic E-state index is 13.4. The van der Waals surface area contributed by atoms with E-state index in [0.717, 1.165) is 32.1 Å². The predicted molar refractivity (Wildman–Crippen MR) is 124 cm³/mol. The van der Waals surface area contributed by atoms with Gasteiger partial charge in [0.15, 0.2) is 11.2 Å². The summed E-state index contributed by atoms with van der Waals surface area (Å²) in [5.41, 5.74) is 0.736. The maximum atomic E-state index is 13.4. The molecule has 4 heterocycles. The second kappa shape index (κ2) is 9.09. The maximum Gasteiger partial charge on any atom is 0.341 e. The molecule has 9 heteroatoms. The highest BCUT2D eigenvalue weighted by Crippen LogP contribution is 2.29. The first-order chi connectivity index (χ1) is 16.6. The number of rotatable bonds is 4. The van der Waals surface area contributed by atoms with E-state index in [-0.39, 0.29) is 40.4 Å². The molecule has 1 fully saturated rings. The fraction of sp³-hybridized carbons (Fsp3) is 0.320. The molecule has 0 bridgehead atoms. The second-order valence-corrected chi connectivity index (χ2v) is 8.24. The van der Waals surface area contributed by atoms with Crippen molar-refractivity contribution in [1.82, 2.24) is 14.0 Å². The lowest BCUT2D eigenvalue weighted by atomic mass is 9.94. The normalized spacial score (nSPS) is 15.1. The average molecular weight is 460 g/mol. The first kappa shape index (κ1) is 21.8. The first-order valence-electron chi connectivity index (χ1n) is 11.4. The molecule has 0 aliphatic heterocycles. The minimum absolute atomic E-state index is 0.0506. The molecule has 0 unspecified atom stereocenters. The van der Waals surface area contributed by atoms with Crippen LogP contribution in [-0.4, -0.2) is 32.4 Å². The van der Waals surface area contributed by atoms with Crippen LogP contribution in [0.15, 0.2) is 63.1 Å². The topological polar surface area (TPSA) is 108 Å². The minimum Gasteiger partial charge on any atom is -0.462 e. The summed E-state index contributed by atoms with van der Waals surface area (Å²) in [6.07, 6.45) is 7.74. The summed E-state index contributed by atoms with van der Waals surface area (Å²) < 4.78 is 13.7. The molecule has 1 amide bonds. The van der Waals surface area contributed by atoms with Gasteiger partial charge in [0.05, 0.1) is 18.3 Å². The molecule has 0 spiro atoms. The number of carbonyl (C=O) groups is 2. The first-order valence-corrected chi connectivity index (χ1v) is 11.4. The van der Waals surface area contributed by atoms with Gasteiger partial charge in [-0.3, -0.25) is 14.0 Å². The molecular formula is C25H24N4O5. The highest BCUT2D eigenvalue weighted by molar-refractivity contribution is 5.95. The van der Waals surface area contributed by atoms with Crippen molar-refractivity contribution >= 4 is 28.6 Å². The number of aromatic nitrogens is 3. The molecule has 5 rings (SSSR count). The van der Waals surface area contributed by atoms with E-state index in [1.165, 1.54) is 22.8 Å². The van der Waals surface area contributed by atoms with Gasteiger partial charge in [0.1, 0.15) is 16.9 Å². The number of hydrogen-bond acceptors (Lipinski definition) is 6. The number of pyridine rings is 2. The van der Waals surface area contributed by atoms with Crippen LogP contribution in [0.2, 0.25) is 0 Å². The van der Waals surface area contributed by atoms with Crippen molar-refractivity contribution in [2.45, 2.75) is 45.1 Å². The number of fused-ring (bicyclic) bond motifs is 2. The van der Waals surface area contributed by atoms with Crippen LogP contribution in [0.25, 0.3) is 16.7 Å². The average Bonchev–Trinajstić information content (AvgIpc) is 3.40. The molecular weight excluding hydrogens is 436 g/mol. The quantitative estimate of drug-likeness (QED) is 0.340. The van der Waals surface area contributed by atoms with E-state index >= 15 is 0 Å². The van der Waals surface area contributed by atoms with E-state index in [1.54, 1.807) is 42.0 Å². The Kier molecular flexibility index (Phi) is 5.83. The van der Waals surface area contributed by atoms with Gasteiger partial charge in [-0.25, -0.2) is 9.78 Å². The van der Waals surface area contributed by atoms with E-state index in [0.29, 0.717) is 11.3 Å². The molecule has 34 heavy (non-hydrogen) atoms. The van der Waals surface area contributed by atoms with Crippen molar-refractivity contribution in [3.63, 3.8) is 0 Å². The van der Waals surface area contributed by atoms with Gasteiger partial charge < -0.3 is 13.7 Å². The molecule has 1 aliphatic carbocycles. The SMILES string of the molecule is CCOC(=O)c1cc2c(=O)n3ccccc3nc2n(C2CCCCC2)c1=NC(=O)c1ccco1. The minimum atomic E-state index is -0.655. The summed E-state index contributed by atoms with van der Waals surface area (Å²) in [6, 6.07) is 9.77. The lowest BCUT2D eigenvalue weighted by molar-refractivity contribution is 0.0523. The fourth-order valence-electron chi connectivity index (χ4n) is 4.55. The molecule has 4 aromatic heterocycles.